The molecule has 2 amide bonds. The molecule has 1 unspecified atom stereocenters. The molecule has 2 aliphatic heterocycles. The second-order valence-corrected chi connectivity index (χ2v) is 10.6. The van der Waals surface area contributed by atoms with Crippen molar-refractivity contribution < 1.29 is 19.8 Å². The van der Waals surface area contributed by atoms with Crippen molar-refractivity contribution in [2.45, 2.75) is 63.7 Å². The van der Waals surface area contributed by atoms with Crippen molar-refractivity contribution in [3.63, 3.8) is 0 Å². The van der Waals surface area contributed by atoms with E-state index in [0.717, 1.165) is 0 Å². The fourth-order valence-corrected chi connectivity index (χ4v) is 5.36. The molecule has 3 aromatic rings. The molecule has 5 atom stereocenters. The maximum absolute atomic E-state index is 13.6. The fourth-order valence-electron chi connectivity index (χ4n) is 5.36. The normalized spacial score (nSPS) is 27.3. The van der Waals surface area contributed by atoms with Crippen LogP contribution in [0, 0.1) is 5.92 Å². The summed E-state index contributed by atoms with van der Waals surface area (Å²) in [6.07, 6.45) is -1.10. The van der Waals surface area contributed by atoms with Gasteiger partial charge in [-0.15, -0.1) is 0 Å². The monoisotopic (exact) mass is 505 g/mol. The number of benzene rings is 2. The summed E-state index contributed by atoms with van der Waals surface area (Å²) in [4.78, 5) is 46.3. The molecule has 0 spiro atoms. The van der Waals surface area contributed by atoms with Gasteiger partial charge in [0, 0.05) is 12.1 Å². The first-order valence-electron chi connectivity index (χ1n) is 12.3. The van der Waals surface area contributed by atoms with Crippen LogP contribution in [0.1, 0.15) is 46.0 Å². The number of nitrogens with one attached hydrogen (secondary N) is 2. The van der Waals surface area contributed by atoms with E-state index in [1.165, 1.54) is 23.3 Å². The molecule has 3 heterocycles. The van der Waals surface area contributed by atoms with E-state index in [4.69, 9.17) is 0 Å². The Morgan fingerprint density at radius 2 is 1.73 bits per heavy atom. The molecule has 194 valence electrons. The maximum Gasteiger partial charge on any atom is 0.262 e. The second kappa shape index (κ2) is 8.76. The van der Waals surface area contributed by atoms with E-state index in [1.807, 2.05) is 19.9 Å². The van der Waals surface area contributed by atoms with Gasteiger partial charge in [-0.05, 0) is 44.0 Å². The zero-order valence-corrected chi connectivity index (χ0v) is 21.2. The van der Waals surface area contributed by atoms with Crippen molar-refractivity contribution in [2.75, 3.05) is 4.90 Å². The largest absolute Gasteiger partial charge is 0.386 e. The number of amides is 2. The lowest BCUT2D eigenvalue weighted by atomic mass is 9.90. The van der Waals surface area contributed by atoms with Crippen molar-refractivity contribution in [2.24, 2.45) is 5.92 Å². The Morgan fingerprint density at radius 3 is 2.41 bits per heavy atom. The first-order valence-corrected chi connectivity index (χ1v) is 12.3. The minimum Gasteiger partial charge on any atom is -0.386 e. The van der Waals surface area contributed by atoms with Crippen molar-refractivity contribution in [1.29, 1.82) is 0 Å². The number of hydrogen-bond acceptors (Lipinski definition) is 7. The zero-order valence-electron chi connectivity index (χ0n) is 21.2. The number of hydrogen-bond donors (Lipinski definition) is 4. The molecular formula is C27H31N5O5. The number of fused-ring (bicyclic) bond motifs is 2. The van der Waals surface area contributed by atoms with Crippen LogP contribution in [0.15, 0.2) is 59.4 Å². The van der Waals surface area contributed by atoms with E-state index in [1.54, 1.807) is 48.5 Å². The lowest BCUT2D eigenvalue weighted by Crippen LogP contribution is -2.60. The molecule has 5 rings (SSSR count). The second-order valence-electron chi connectivity index (χ2n) is 10.6. The minimum atomic E-state index is -1.89. The summed E-state index contributed by atoms with van der Waals surface area (Å²) in [5.41, 5.74) is -3.05. The number of aromatic nitrogens is 2. The SMILES string of the molecule is CC(C)[C@@H]1N[C@@H](C(C)(O)C[C@@H]2C(=O)N[C@@](C)(O)c3nc4ccccc4c(=O)n32)N(c2ccccc2)C1=O. The highest BCUT2D eigenvalue weighted by molar-refractivity contribution is 6.00. The Bertz CT molecular complexity index is 1430. The molecule has 10 nitrogen and oxygen atoms in total. The molecule has 37 heavy (non-hydrogen) atoms. The Balaban J connectivity index is 1.60. The number of nitrogens with zero attached hydrogens (tertiary/aromatic N) is 3. The average molecular weight is 506 g/mol. The molecular weight excluding hydrogens is 474 g/mol. The summed E-state index contributed by atoms with van der Waals surface area (Å²) in [6.45, 7) is 6.72. The van der Waals surface area contributed by atoms with Crippen LogP contribution in [0.5, 0.6) is 0 Å². The van der Waals surface area contributed by atoms with E-state index < -0.39 is 41.0 Å². The molecule has 0 saturated carbocycles. The van der Waals surface area contributed by atoms with Gasteiger partial charge in [-0.2, -0.15) is 0 Å². The summed E-state index contributed by atoms with van der Waals surface area (Å²) in [7, 11) is 0. The number of para-hydroxylation sites is 2. The quantitative estimate of drug-likeness (QED) is 0.411. The third kappa shape index (κ3) is 4.11. The Labute approximate surface area is 213 Å². The van der Waals surface area contributed by atoms with Gasteiger partial charge in [0.2, 0.25) is 11.8 Å². The van der Waals surface area contributed by atoms with E-state index >= 15 is 0 Å². The molecule has 0 aliphatic carbocycles. The smallest absolute Gasteiger partial charge is 0.262 e. The van der Waals surface area contributed by atoms with Gasteiger partial charge in [-0.25, -0.2) is 4.98 Å². The molecule has 1 saturated heterocycles. The van der Waals surface area contributed by atoms with Crippen molar-refractivity contribution >= 4 is 28.4 Å². The number of rotatable bonds is 5. The first kappa shape index (κ1) is 25.1. The summed E-state index contributed by atoms with van der Waals surface area (Å²) >= 11 is 0. The van der Waals surface area contributed by atoms with Crippen LogP contribution < -0.4 is 21.1 Å². The number of anilines is 1. The summed E-state index contributed by atoms with van der Waals surface area (Å²) in [6, 6.07) is 14.0. The van der Waals surface area contributed by atoms with Gasteiger partial charge < -0.3 is 15.5 Å². The maximum atomic E-state index is 13.6. The van der Waals surface area contributed by atoms with Crippen LogP contribution in [0.2, 0.25) is 0 Å². The van der Waals surface area contributed by atoms with E-state index in [0.29, 0.717) is 16.6 Å². The van der Waals surface area contributed by atoms with E-state index in [2.05, 4.69) is 15.6 Å². The van der Waals surface area contributed by atoms with Crippen LogP contribution in [-0.4, -0.2) is 49.4 Å². The Kier molecular flexibility index (Phi) is 5.93. The van der Waals surface area contributed by atoms with Gasteiger partial charge in [0.05, 0.1) is 22.5 Å². The van der Waals surface area contributed by atoms with Crippen LogP contribution in [-0.2, 0) is 15.3 Å². The topological polar surface area (TPSA) is 137 Å². The highest BCUT2D eigenvalue weighted by atomic mass is 16.3. The van der Waals surface area contributed by atoms with Crippen molar-refractivity contribution in [3.8, 4) is 0 Å². The molecule has 4 N–H and O–H groups in total. The molecule has 0 radical (unpaired) electrons. The molecule has 1 aromatic heterocycles. The van der Waals surface area contributed by atoms with E-state index in [9.17, 15) is 24.6 Å². The number of carbonyl (C=O) groups is 2. The zero-order chi connectivity index (χ0) is 26.7. The summed E-state index contributed by atoms with van der Waals surface area (Å²) < 4.78 is 1.17. The Hall–Kier alpha value is -3.60. The minimum absolute atomic E-state index is 0.0213. The van der Waals surface area contributed by atoms with Crippen LogP contribution in [0.25, 0.3) is 10.9 Å². The molecule has 2 aliphatic rings. The van der Waals surface area contributed by atoms with Gasteiger partial charge in [0.1, 0.15) is 12.2 Å². The predicted molar refractivity (Wildman–Crippen MR) is 137 cm³/mol. The lowest BCUT2D eigenvalue weighted by molar-refractivity contribution is -0.139. The summed E-state index contributed by atoms with van der Waals surface area (Å²) in [5.74, 6) is -0.890. The van der Waals surface area contributed by atoms with Gasteiger partial charge in [-0.3, -0.25) is 29.2 Å². The first-order chi connectivity index (χ1) is 17.4. The molecule has 10 heteroatoms. The predicted octanol–water partition coefficient (Wildman–Crippen LogP) is 1.36. The standard InChI is InChI=1S/C27H31N5O5/c1-15(2)20-23(35)31(16-10-6-5-7-11-16)24(29-20)26(3,36)14-19-21(33)30-27(4,37)25-28-18-13-9-8-12-17(18)22(34)32(19)25/h5-13,15,19-20,24,29,36-37H,14H2,1-4H3,(H,30,33)/t19-,20+,24-,26?,27+/m1/s1. The van der Waals surface area contributed by atoms with Crippen LogP contribution >= 0.6 is 0 Å². The Morgan fingerprint density at radius 1 is 1.08 bits per heavy atom. The molecule has 2 aromatic carbocycles. The van der Waals surface area contributed by atoms with Crippen molar-refractivity contribution in [3.05, 3.63) is 70.8 Å². The van der Waals surface area contributed by atoms with E-state index in [-0.39, 0.29) is 24.1 Å². The third-order valence-corrected chi connectivity index (χ3v) is 7.22. The van der Waals surface area contributed by atoms with Gasteiger partial charge in [0.25, 0.3) is 5.56 Å². The third-order valence-electron chi connectivity index (χ3n) is 7.22. The average Bonchev–Trinajstić information content (AvgIpc) is 3.20. The van der Waals surface area contributed by atoms with Crippen molar-refractivity contribution in [1.82, 2.24) is 20.2 Å². The van der Waals surface area contributed by atoms with Crippen LogP contribution in [0.4, 0.5) is 5.69 Å². The summed E-state index contributed by atoms with van der Waals surface area (Å²) in [5, 5.41) is 28.9. The van der Waals surface area contributed by atoms with Gasteiger partial charge in [-0.1, -0.05) is 44.2 Å². The highest BCUT2D eigenvalue weighted by Gasteiger charge is 2.52. The van der Waals surface area contributed by atoms with Gasteiger partial charge >= 0.3 is 0 Å². The highest BCUT2D eigenvalue weighted by Crippen LogP contribution is 2.36. The van der Waals surface area contributed by atoms with Gasteiger partial charge in [0.15, 0.2) is 11.5 Å². The van der Waals surface area contributed by atoms with Crippen LogP contribution in [0.3, 0.4) is 0 Å². The molecule has 1 fully saturated rings. The number of carbonyl (C=O) groups excluding carboxylic acids is 2. The fraction of sp³-hybridized carbons (Fsp3) is 0.407. The number of aliphatic hydroxyl groups is 2. The molecule has 0 bridgehead atoms. The lowest BCUT2D eigenvalue weighted by Gasteiger charge is -2.41.